The van der Waals surface area contributed by atoms with Gasteiger partial charge in [0, 0.05) is 19.1 Å². The van der Waals surface area contributed by atoms with Crippen molar-refractivity contribution in [2.24, 2.45) is 0 Å². The van der Waals surface area contributed by atoms with Gasteiger partial charge in [0.2, 0.25) is 10.0 Å². The number of carbonyl (C=O) groups is 1. The molecule has 0 aliphatic carbocycles. The van der Waals surface area contributed by atoms with E-state index in [2.05, 4.69) is 0 Å². The molecule has 1 aliphatic rings. The van der Waals surface area contributed by atoms with E-state index in [4.69, 9.17) is 4.74 Å². The fourth-order valence-electron chi connectivity index (χ4n) is 3.78. The van der Waals surface area contributed by atoms with E-state index < -0.39 is 44.4 Å². The Morgan fingerprint density at radius 1 is 1.15 bits per heavy atom. The first-order valence-electron chi connectivity index (χ1n) is 10.4. The number of amides is 1. The fraction of sp³-hybridized carbons (Fsp3) is 0.409. The SMILES string of the molecule is CC(C)(Oc1ccc(F)cc1)C(=O)N1CCC(N(CS(=O)[O-])S(=O)(=O)c2ccccc2)CC1. The average Bonchev–Trinajstić information content (AvgIpc) is 2.79. The largest absolute Gasteiger partial charge is 0.771 e. The van der Waals surface area contributed by atoms with Crippen molar-refractivity contribution in [3.8, 4) is 5.75 Å². The Kier molecular flexibility index (Phi) is 7.88. The lowest BCUT2D eigenvalue weighted by atomic mass is 10.0. The molecular formula is C22H26FN2O6S2-. The molecule has 8 nitrogen and oxygen atoms in total. The summed E-state index contributed by atoms with van der Waals surface area (Å²) in [6.07, 6.45) is 0.559. The lowest BCUT2D eigenvalue weighted by molar-refractivity contribution is -0.146. The zero-order valence-electron chi connectivity index (χ0n) is 18.3. The maximum absolute atomic E-state index is 13.1. The predicted octanol–water partition coefficient (Wildman–Crippen LogP) is 2.50. The van der Waals surface area contributed by atoms with Crippen LogP contribution >= 0.6 is 0 Å². The summed E-state index contributed by atoms with van der Waals surface area (Å²) in [6, 6.07) is 12.4. The molecule has 1 amide bonds. The van der Waals surface area contributed by atoms with Crippen molar-refractivity contribution < 1.29 is 31.1 Å². The van der Waals surface area contributed by atoms with E-state index in [0.717, 1.165) is 4.31 Å². The van der Waals surface area contributed by atoms with Crippen LogP contribution in [0.2, 0.25) is 0 Å². The van der Waals surface area contributed by atoms with Crippen molar-refractivity contribution in [3.63, 3.8) is 0 Å². The van der Waals surface area contributed by atoms with Crippen molar-refractivity contribution in [1.29, 1.82) is 0 Å². The van der Waals surface area contributed by atoms with Gasteiger partial charge < -0.3 is 14.2 Å². The van der Waals surface area contributed by atoms with Crippen LogP contribution in [0.25, 0.3) is 0 Å². The quantitative estimate of drug-likeness (QED) is 0.519. The number of rotatable bonds is 8. The molecule has 1 unspecified atom stereocenters. The Labute approximate surface area is 195 Å². The molecule has 0 aromatic heterocycles. The number of halogens is 1. The van der Waals surface area contributed by atoms with Crippen molar-refractivity contribution in [3.05, 3.63) is 60.4 Å². The first-order chi connectivity index (χ1) is 15.5. The molecule has 1 saturated heterocycles. The second kappa shape index (κ2) is 10.3. The summed E-state index contributed by atoms with van der Waals surface area (Å²) in [7, 11) is -4.02. The maximum atomic E-state index is 13.1. The number of benzene rings is 2. The Hall–Kier alpha value is -2.34. The van der Waals surface area contributed by atoms with Gasteiger partial charge in [-0.3, -0.25) is 9.00 Å². The lowest BCUT2D eigenvalue weighted by Crippen LogP contribution is -2.54. The number of nitrogens with zero attached hydrogens (tertiary/aromatic N) is 2. The Balaban J connectivity index is 1.70. The number of likely N-dealkylation sites (tertiary alicyclic amines) is 1. The van der Waals surface area contributed by atoms with Gasteiger partial charge in [0.15, 0.2) is 5.60 Å². The van der Waals surface area contributed by atoms with Gasteiger partial charge >= 0.3 is 0 Å². The van der Waals surface area contributed by atoms with E-state index in [-0.39, 0.29) is 36.7 Å². The molecule has 2 aromatic rings. The number of hydrogen-bond donors (Lipinski definition) is 0. The molecule has 0 radical (unpaired) electrons. The fourth-order valence-corrected chi connectivity index (χ4v) is 6.39. The molecule has 3 rings (SSSR count). The predicted molar refractivity (Wildman–Crippen MR) is 120 cm³/mol. The summed E-state index contributed by atoms with van der Waals surface area (Å²) in [6.45, 7) is 3.70. The van der Waals surface area contributed by atoms with Gasteiger partial charge in [0.25, 0.3) is 5.91 Å². The molecule has 1 heterocycles. The zero-order chi connectivity index (χ0) is 24.2. The third-order valence-corrected chi connectivity index (χ3v) is 8.01. The van der Waals surface area contributed by atoms with E-state index in [9.17, 15) is 26.4 Å². The topological polar surface area (TPSA) is 107 Å². The monoisotopic (exact) mass is 497 g/mol. The number of sulfonamides is 1. The summed E-state index contributed by atoms with van der Waals surface area (Å²) >= 11 is -2.60. The summed E-state index contributed by atoms with van der Waals surface area (Å²) < 4.78 is 68.9. The standard InChI is InChI=1S/C22H27FN2O6S2/c1-22(2,31-19-10-8-17(23)9-11-19)21(26)24-14-12-18(13-15-24)25(16-32(27)28)33(29,30)20-6-4-3-5-7-20/h3-11,18H,12-16H2,1-2H3,(H,27,28)/p-1. The van der Waals surface area contributed by atoms with Crippen molar-refractivity contribution in [2.45, 2.75) is 43.2 Å². The van der Waals surface area contributed by atoms with Crippen LogP contribution in [0.15, 0.2) is 59.5 Å². The molecule has 0 bridgehead atoms. The van der Waals surface area contributed by atoms with Crippen LogP contribution in [0.3, 0.4) is 0 Å². The second-order valence-electron chi connectivity index (χ2n) is 8.23. The van der Waals surface area contributed by atoms with E-state index in [1.54, 1.807) is 36.9 Å². The van der Waals surface area contributed by atoms with Gasteiger partial charge in [-0.1, -0.05) is 18.2 Å². The third kappa shape index (κ3) is 6.17. The molecule has 180 valence electrons. The van der Waals surface area contributed by atoms with Crippen LogP contribution in [0.5, 0.6) is 5.75 Å². The highest BCUT2D eigenvalue weighted by Gasteiger charge is 2.39. The molecule has 1 aliphatic heterocycles. The molecule has 2 aromatic carbocycles. The molecule has 0 spiro atoms. The molecule has 1 fully saturated rings. The highest BCUT2D eigenvalue weighted by atomic mass is 32.2. The van der Waals surface area contributed by atoms with Crippen LogP contribution < -0.4 is 4.74 Å². The zero-order valence-corrected chi connectivity index (χ0v) is 20.0. The van der Waals surface area contributed by atoms with Crippen LogP contribution in [0.1, 0.15) is 26.7 Å². The average molecular weight is 498 g/mol. The van der Waals surface area contributed by atoms with Gasteiger partial charge in [0.05, 0.1) is 10.8 Å². The van der Waals surface area contributed by atoms with Gasteiger partial charge in [-0.05, 0) is 74.2 Å². The third-order valence-electron chi connectivity index (χ3n) is 5.44. The molecule has 11 heteroatoms. The van der Waals surface area contributed by atoms with Gasteiger partial charge in [0.1, 0.15) is 11.6 Å². The molecule has 33 heavy (non-hydrogen) atoms. The van der Waals surface area contributed by atoms with E-state index in [1.165, 1.54) is 36.4 Å². The number of ether oxygens (including phenoxy) is 1. The lowest BCUT2D eigenvalue weighted by Gasteiger charge is -2.40. The minimum absolute atomic E-state index is 0.0165. The van der Waals surface area contributed by atoms with Crippen molar-refractivity contribution >= 4 is 27.0 Å². The normalized spacial score (nSPS) is 16.6. The first-order valence-corrected chi connectivity index (χ1v) is 13.1. The Bertz CT molecular complexity index is 1090. The summed E-state index contributed by atoms with van der Waals surface area (Å²) in [5.41, 5.74) is -1.23. The molecular weight excluding hydrogens is 471 g/mol. The molecule has 0 N–H and O–H groups in total. The van der Waals surface area contributed by atoms with Crippen LogP contribution in [0.4, 0.5) is 4.39 Å². The van der Waals surface area contributed by atoms with Gasteiger partial charge in [-0.15, -0.1) is 0 Å². The van der Waals surface area contributed by atoms with Crippen molar-refractivity contribution in [2.75, 3.05) is 19.0 Å². The smallest absolute Gasteiger partial charge is 0.266 e. The minimum atomic E-state index is -4.02. The van der Waals surface area contributed by atoms with E-state index >= 15 is 0 Å². The number of carbonyl (C=O) groups excluding carboxylic acids is 1. The van der Waals surface area contributed by atoms with Crippen LogP contribution in [-0.4, -0.2) is 62.9 Å². The second-order valence-corrected chi connectivity index (χ2v) is 11.0. The number of hydrogen-bond acceptors (Lipinski definition) is 6. The van der Waals surface area contributed by atoms with E-state index in [0.29, 0.717) is 5.75 Å². The van der Waals surface area contributed by atoms with Crippen LogP contribution in [-0.2, 0) is 25.9 Å². The highest BCUT2D eigenvalue weighted by molar-refractivity contribution is 7.90. The number of piperidine rings is 1. The Morgan fingerprint density at radius 3 is 2.27 bits per heavy atom. The maximum Gasteiger partial charge on any atom is 0.266 e. The summed E-state index contributed by atoms with van der Waals surface area (Å²) in [5.74, 6) is -1.02. The minimum Gasteiger partial charge on any atom is -0.771 e. The molecule has 1 atom stereocenters. The highest BCUT2D eigenvalue weighted by Crippen LogP contribution is 2.27. The summed E-state index contributed by atoms with van der Waals surface area (Å²) in [4.78, 5) is 14.6. The van der Waals surface area contributed by atoms with E-state index in [1.807, 2.05) is 0 Å². The molecule has 0 saturated carbocycles. The van der Waals surface area contributed by atoms with Crippen LogP contribution in [0, 0.1) is 5.82 Å². The first kappa shape index (κ1) is 25.3. The van der Waals surface area contributed by atoms with Gasteiger partial charge in [-0.25, -0.2) is 12.8 Å². The van der Waals surface area contributed by atoms with Gasteiger partial charge in [-0.2, -0.15) is 4.31 Å². The van der Waals surface area contributed by atoms with Crippen molar-refractivity contribution in [1.82, 2.24) is 9.21 Å². The Morgan fingerprint density at radius 2 is 1.73 bits per heavy atom. The summed E-state index contributed by atoms with van der Waals surface area (Å²) in [5, 5.41) is 0.